The highest BCUT2D eigenvalue weighted by molar-refractivity contribution is 5.49. The van der Waals surface area contributed by atoms with Crippen LogP contribution in [-0.4, -0.2) is 65.8 Å². The fraction of sp³-hybridized carbons (Fsp3) is 0.692. The van der Waals surface area contributed by atoms with Crippen LogP contribution in [0.2, 0.25) is 0 Å². The summed E-state index contributed by atoms with van der Waals surface area (Å²) >= 11 is 0. The standard InChI is InChI=1S/C13H23N5O/c1-3-17-5-7-18(8-6-17)13-10-12(14-4-9-19)15-11(2)16-13/h10,19H,3-9H2,1-2H3,(H,14,15,16). The van der Waals surface area contributed by atoms with Crippen LogP contribution in [0.4, 0.5) is 11.6 Å². The number of anilines is 2. The summed E-state index contributed by atoms with van der Waals surface area (Å²) in [5.74, 6) is 2.52. The van der Waals surface area contributed by atoms with Gasteiger partial charge in [-0.2, -0.15) is 0 Å². The summed E-state index contributed by atoms with van der Waals surface area (Å²) < 4.78 is 0. The van der Waals surface area contributed by atoms with E-state index >= 15 is 0 Å². The van der Waals surface area contributed by atoms with Gasteiger partial charge in [-0.1, -0.05) is 6.92 Å². The summed E-state index contributed by atoms with van der Waals surface area (Å²) in [4.78, 5) is 13.6. The Hall–Kier alpha value is -1.40. The third kappa shape index (κ3) is 3.78. The highest BCUT2D eigenvalue weighted by Gasteiger charge is 2.17. The van der Waals surface area contributed by atoms with Gasteiger partial charge < -0.3 is 20.2 Å². The smallest absolute Gasteiger partial charge is 0.134 e. The lowest BCUT2D eigenvalue weighted by Crippen LogP contribution is -2.46. The van der Waals surface area contributed by atoms with Crippen LogP contribution in [-0.2, 0) is 0 Å². The first-order chi connectivity index (χ1) is 9.22. The average molecular weight is 265 g/mol. The van der Waals surface area contributed by atoms with E-state index in [1.807, 2.05) is 13.0 Å². The van der Waals surface area contributed by atoms with Crippen molar-refractivity contribution in [2.24, 2.45) is 0 Å². The van der Waals surface area contributed by atoms with Gasteiger partial charge in [0.1, 0.15) is 17.5 Å². The Morgan fingerprint density at radius 2 is 2.00 bits per heavy atom. The zero-order valence-corrected chi connectivity index (χ0v) is 11.8. The maximum absolute atomic E-state index is 8.85. The molecule has 0 atom stereocenters. The third-order valence-corrected chi connectivity index (χ3v) is 3.39. The molecule has 2 heterocycles. The number of hydrogen-bond acceptors (Lipinski definition) is 6. The van der Waals surface area contributed by atoms with E-state index in [1.54, 1.807) is 0 Å². The van der Waals surface area contributed by atoms with Crippen LogP contribution in [0.5, 0.6) is 0 Å². The van der Waals surface area contributed by atoms with Crippen molar-refractivity contribution in [1.82, 2.24) is 14.9 Å². The van der Waals surface area contributed by atoms with Crippen molar-refractivity contribution in [1.29, 1.82) is 0 Å². The molecule has 1 aliphatic rings. The maximum Gasteiger partial charge on any atom is 0.134 e. The molecule has 1 aromatic rings. The Morgan fingerprint density at radius 1 is 1.26 bits per heavy atom. The van der Waals surface area contributed by atoms with Crippen LogP contribution < -0.4 is 10.2 Å². The molecule has 0 aromatic carbocycles. The topological polar surface area (TPSA) is 64.5 Å². The van der Waals surface area contributed by atoms with Crippen LogP contribution in [0, 0.1) is 6.92 Å². The molecule has 1 aliphatic heterocycles. The van der Waals surface area contributed by atoms with Crippen molar-refractivity contribution in [3.8, 4) is 0 Å². The number of nitrogens with one attached hydrogen (secondary N) is 1. The summed E-state index contributed by atoms with van der Waals surface area (Å²) in [6.07, 6.45) is 0. The van der Waals surface area contributed by atoms with Crippen molar-refractivity contribution in [2.75, 3.05) is 56.1 Å². The minimum absolute atomic E-state index is 0.105. The lowest BCUT2D eigenvalue weighted by atomic mass is 10.3. The van der Waals surface area contributed by atoms with Gasteiger partial charge in [-0.05, 0) is 13.5 Å². The van der Waals surface area contributed by atoms with Crippen molar-refractivity contribution in [3.05, 3.63) is 11.9 Å². The molecule has 0 radical (unpaired) electrons. The van der Waals surface area contributed by atoms with Crippen LogP contribution >= 0.6 is 0 Å². The Bertz CT molecular complexity index is 404. The van der Waals surface area contributed by atoms with E-state index in [0.717, 1.165) is 50.2 Å². The van der Waals surface area contributed by atoms with E-state index < -0.39 is 0 Å². The summed E-state index contributed by atoms with van der Waals surface area (Å²) in [6, 6.07) is 1.96. The van der Waals surface area contributed by atoms with Gasteiger partial charge in [0.15, 0.2) is 0 Å². The Morgan fingerprint density at radius 3 is 2.63 bits per heavy atom. The molecule has 6 heteroatoms. The fourth-order valence-electron chi connectivity index (χ4n) is 2.28. The Kier molecular flexibility index (Phi) is 4.93. The average Bonchev–Trinajstić information content (AvgIpc) is 2.44. The molecule has 2 N–H and O–H groups in total. The highest BCUT2D eigenvalue weighted by atomic mass is 16.3. The number of aryl methyl sites for hydroxylation is 1. The predicted octanol–water partition coefficient (Wildman–Crippen LogP) is 0.331. The molecule has 0 bridgehead atoms. The monoisotopic (exact) mass is 265 g/mol. The fourth-order valence-corrected chi connectivity index (χ4v) is 2.28. The maximum atomic E-state index is 8.85. The minimum Gasteiger partial charge on any atom is -0.395 e. The summed E-state index contributed by atoms with van der Waals surface area (Å²) in [6.45, 7) is 10.00. The van der Waals surface area contributed by atoms with E-state index in [-0.39, 0.29) is 6.61 Å². The Labute approximate surface area is 114 Å². The first kappa shape index (κ1) is 14.0. The number of aromatic nitrogens is 2. The van der Waals surface area contributed by atoms with E-state index in [4.69, 9.17) is 5.11 Å². The molecule has 0 amide bonds. The third-order valence-electron chi connectivity index (χ3n) is 3.39. The van der Waals surface area contributed by atoms with Gasteiger partial charge in [-0.3, -0.25) is 0 Å². The number of nitrogens with zero attached hydrogens (tertiary/aromatic N) is 4. The van der Waals surface area contributed by atoms with Gasteiger partial charge in [0, 0.05) is 38.8 Å². The zero-order valence-electron chi connectivity index (χ0n) is 11.8. The second-order valence-corrected chi connectivity index (χ2v) is 4.73. The van der Waals surface area contributed by atoms with Crippen LogP contribution in [0.1, 0.15) is 12.7 Å². The number of likely N-dealkylation sites (N-methyl/N-ethyl adjacent to an activating group) is 1. The van der Waals surface area contributed by atoms with Gasteiger partial charge in [0.2, 0.25) is 0 Å². The SMILES string of the molecule is CCN1CCN(c2cc(NCCO)nc(C)n2)CC1. The van der Waals surface area contributed by atoms with Crippen LogP contribution in [0.3, 0.4) is 0 Å². The Balaban J connectivity index is 2.05. The molecule has 2 rings (SSSR count). The van der Waals surface area contributed by atoms with Gasteiger partial charge in [-0.25, -0.2) is 9.97 Å². The summed E-state index contributed by atoms with van der Waals surface area (Å²) in [5.41, 5.74) is 0. The van der Waals surface area contributed by atoms with Crippen molar-refractivity contribution in [2.45, 2.75) is 13.8 Å². The number of hydrogen-bond donors (Lipinski definition) is 2. The van der Waals surface area contributed by atoms with Crippen molar-refractivity contribution < 1.29 is 5.11 Å². The molecule has 0 spiro atoms. The molecule has 1 fully saturated rings. The number of aliphatic hydroxyl groups is 1. The van der Waals surface area contributed by atoms with Crippen LogP contribution in [0.15, 0.2) is 6.07 Å². The van der Waals surface area contributed by atoms with Gasteiger partial charge in [-0.15, -0.1) is 0 Å². The number of rotatable bonds is 5. The second kappa shape index (κ2) is 6.68. The van der Waals surface area contributed by atoms with Gasteiger partial charge in [0.05, 0.1) is 6.61 Å². The molecule has 0 unspecified atom stereocenters. The summed E-state index contributed by atoms with van der Waals surface area (Å²) in [5, 5.41) is 11.9. The molecular formula is C13H23N5O. The molecule has 1 aromatic heterocycles. The zero-order chi connectivity index (χ0) is 13.7. The molecule has 1 saturated heterocycles. The van der Waals surface area contributed by atoms with Crippen LogP contribution in [0.25, 0.3) is 0 Å². The molecule has 6 nitrogen and oxygen atoms in total. The van der Waals surface area contributed by atoms with Crippen molar-refractivity contribution >= 4 is 11.6 Å². The van der Waals surface area contributed by atoms with Crippen molar-refractivity contribution in [3.63, 3.8) is 0 Å². The lowest BCUT2D eigenvalue weighted by molar-refractivity contribution is 0.270. The predicted molar refractivity (Wildman–Crippen MR) is 76.7 cm³/mol. The quantitative estimate of drug-likeness (QED) is 0.800. The largest absolute Gasteiger partial charge is 0.395 e. The minimum atomic E-state index is 0.105. The number of aliphatic hydroxyl groups excluding tert-OH is 1. The summed E-state index contributed by atoms with van der Waals surface area (Å²) in [7, 11) is 0. The molecule has 0 saturated carbocycles. The second-order valence-electron chi connectivity index (χ2n) is 4.73. The van der Waals surface area contributed by atoms with E-state index in [2.05, 4.69) is 32.0 Å². The lowest BCUT2D eigenvalue weighted by Gasteiger charge is -2.34. The molecule has 106 valence electrons. The number of piperazine rings is 1. The highest BCUT2D eigenvalue weighted by Crippen LogP contribution is 2.17. The van der Waals surface area contributed by atoms with Gasteiger partial charge >= 0.3 is 0 Å². The normalized spacial score (nSPS) is 16.7. The first-order valence-corrected chi connectivity index (χ1v) is 6.90. The van der Waals surface area contributed by atoms with E-state index in [1.165, 1.54) is 0 Å². The molecule has 19 heavy (non-hydrogen) atoms. The van der Waals surface area contributed by atoms with Gasteiger partial charge in [0.25, 0.3) is 0 Å². The molecular weight excluding hydrogens is 242 g/mol. The van der Waals surface area contributed by atoms with E-state index in [9.17, 15) is 0 Å². The molecule has 0 aliphatic carbocycles. The first-order valence-electron chi connectivity index (χ1n) is 6.90. The van der Waals surface area contributed by atoms with E-state index in [0.29, 0.717) is 6.54 Å².